The van der Waals surface area contributed by atoms with Crippen molar-refractivity contribution in [2.24, 2.45) is 0 Å². The average Bonchev–Trinajstić information content (AvgIpc) is 2.39. The molecule has 5 heteroatoms. The van der Waals surface area contributed by atoms with E-state index in [0.717, 1.165) is 10.0 Å². The van der Waals surface area contributed by atoms with Gasteiger partial charge in [-0.2, -0.15) is 0 Å². The van der Waals surface area contributed by atoms with Gasteiger partial charge in [-0.15, -0.1) is 13.2 Å². The molecule has 0 unspecified atom stereocenters. The summed E-state index contributed by atoms with van der Waals surface area (Å²) in [6, 6.07) is 3.78. The van der Waals surface area contributed by atoms with Gasteiger partial charge in [-0.05, 0) is 40.5 Å². The van der Waals surface area contributed by atoms with Crippen LogP contribution in [-0.4, -0.2) is 23.1 Å². The molecular formula is C15H16BrN3O. The van der Waals surface area contributed by atoms with E-state index in [-0.39, 0.29) is 5.56 Å². The van der Waals surface area contributed by atoms with E-state index < -0.39 is 0 Å². The van der Waals surface area contributed by atoms with Crippen LogP contribution in [0.1, 0.15) is 5.56 Å². The standard InChI is InChI=1S/C15H16BrN3O/c1-4-6-19(7-5-2)15-17-13-11(14(20)18-15)8-10(3)9-12(13)16/h4-5,8-9H,1-2,6-7H2,3H3,(H,17,18,20). The average molecular weight is 334 g/mol. The maximum Gasteiger partial charge on any atom is 0.260 e. The molecule has 1 aromatic carbocycles. The molecule has 0 radical (unpaired) electrons. The first-order chi connectivity index (χ1) is 9.56. The number of benzene rings is 1. The van der Waals surface area contributed by atoms with Crippen molar-refractivity contribution >= 4 is 32.8 Å². The third-order valence-corrected chi connectivity index (χ3v) is 3.50. The van der Waals surface area contributed by atoms with E-state index in [0.29, 0.717) is 29.9 Å². The van der Waals surface area contributed by atoms with Crippen molar-refractivity contribution in [2.75, 3.05) is 18.0 Å². The van der Waals surface area contributed by atoms with E-state index in [9.17, 15) is 4.79 Å². The lowest BCUT2D eigenvalue weighted by molar-refractivity contribution is 0.891. The first kappa shape index (κ1) is 14.5. The smallest absolute Gasteiger partial charge is 0.260 e. The van der Waals surface area contributed by atoms with Crippen LogP contribution in [0.3, 0.4) is 0 Å². The van der Waals surface area contributed by atoms with Crippen LogP contribution in [0, 0.1) is 6.92 Å². The van der Waals surface area contributed by atoms with Crippen LogP contribution in [0.15, 0.2) is 46.7 Å². The Balaban J connectivity index is 2.64. The molecule has 4 nitrogen and oxygen atoms in total. The number of nitrogens with zero attached hydrogens (tertiary/aromatic N) is 2. The van der Waals surface area contributed by atoms with Gasteiger partial charge in [0.1, 0.15) is 0 Å². The normalized spacial score (nSPS) is 10.5. The van der Waals surface area contributed by atoms with Crippen molar-refractivity contribution in [3.63, 3.8) is 0 Å². The zero-order chi connectivity index (χ0) is 14.7. The highest BCUT2D eigenvalue weighted by Gasteiger charge is 2.11. The van der Waals surface area contributed by atoms with Crippen LogP contribution < -0.4 is 10.5 Å². The number of nitrogens with one attached hydrogen (secondary N) is 1. The lowest BCUT2D eigenvalue weighted by atomic mass is 10.2. The minimum atomic E-state index is -0.146. The molecule has 1 N–H and O–H groups in total. The van der Waals surface area contributed by atoms with Crippen LogP contribution in [0.25, 0.3) is 10.9 Å². The third kappa shape index (κ3) is 2.82. The quantitative estimate of drug-likeness (QED) is 0.855. The topological polar surface area (TPSA) is 49.0 Å². The molecule has 0 fully saturated rings. The fourth-order valence-corrected chi connectivity index (χ4v) is 2.70. The maximum atomic E-state index is 12.2. The Morgan fingerprint density at radius 1 is 1.35 bits per heavy atom. The van der Waals surface area contributed by atoms with Gasteiger partial charge in [0.25, 0.3) is 5.56 Å². The number of hydrogen-bond acceptors (Lipinski definition) is 3. The Hall–Kier alpha value is -1.88. The molecule has 20 heavy (non-hydrogen) atoms. The van der Waals surface area contributed by atoms with E-state index in [1.165, 1.54) is 0 Å². The molecule has 104 valence electrons. The number of fused-ring (bicyclic) bond motifs is 1. The van der Waals surface area contributed by atoms with Crippen molar-refractivity contribution < 1.29 is 0 Å². The number of aromatic amines is 1. The molecule has 0 aliphatic heterocycles. The van der Waals surface area contributed by atoms with Gasteiger partial charge in [-0.1, -0.05) is 12.2 Å². The van der Waals surface area contributed by atoms with Gasteiger partial charge in [0.15, 0.2) is 0 Å². The van der Waals surface area contributed by atoms with Crippen molar-refractivity contribution in [1.82, 2.24) is 9.97 Å². The minimum Gasteiger partial charge on any atom is -0.335 e. The monoisotopic (exact) mass is 333 g/mol. The first-order valence-electron chi connectivity index (χ1n) is 6.23. The van der Waals surface area contributed by atoms with Gasteiger partial charge in [0.2, 0.25) is 5.95 Å². The summed E-state index contributed by atoms with van der Waals surface area (Å²) in [5.74, 6) is 0.520. The van der Waals surface area contributed by atoms with Gasteiger partial charge in [0, 0.05) is 17.6 Å². The number of anilines is 1. The second-order valence-corrected chi connectivity index (χ2v) is 5.37. The number of hydrogen-bond donors (Lipinski definition) is 1. The summed E-state index contributed by atoms with van der Waals surface area (Å²) in [5.41, 5.74) is 1.53. The van der Waals surface area contributed by atoms with Gasteiger partial charge < -0.3 is 4.90 Å². The molecule has 0 aliphatic carbocycles. The molecule has 2 aromatic rings. The van der Waals surface area contributed by atoms with Gasteiger partial charge in [-0.25, -0.2) is 4.98 Å². The number of H-pyrrole nitrogens is 1. The summed E-state index contributed by atoms with van der Waals surface area (Å²) >= 11 is 3.47. The zero-order valence-electron chi connectivity index (χ0n) is 11.3. The predicted molar refractivity (Wildman–Crippen MR) is 87.4 cm³/mol. The van der Waals surface area contributed by atoms with Gasteiger partial charge >= 0.3 is 0 Å². The fourth-order valence-electron chi connectivity index (χ4n) is 2.03. The Bertz CT molecular complexity index is 711. The van der Waals surface area contributed by atoms with Crippen molar-refractivity contribution in [3.8, 4) is 0 Å². The van der Waals surface area contributed by atoms with Gasteiger partial charge in [-0.3, -0.25) is 9.78 Å². The van der Waals surface area contributed by atoms with Crippen LogP contribution in [-0.2, 0) is 0 Å². The molecule has 0 bridgehead atoms. The van der Waals surface area contributed by atoms with Crippen molar-refractivity contribution in [1.29, 1.82) is 0 Å². The number of aryl methyl sites for hydroxylation is 1. The first-order valence-corrected chi connectivity index (χ1v) is 7.03. The summed E-state index contributed by atoms with van der Waals surface area (Å²) in [4.78, 5) is 21.5. The summed E-state index contributed by atoms with van der Waals surface area (Å²) in [6.07, 6.45) is 3.52. The molecular weight excluding hydrogens is 318 g/mol. The molecule has 0 saturated carbocycles. The lowest BCUT2D eigenvalue weighted by Gasteiger charge is -2.20. The zero-order valence-corrected chi connectivity index (χ0v) is 12.9. The van der Waals surface area contributed by atoms with Crippen LogP contribution in [0.2, 0.25) is 0 Å². The van der Waals surface area contributed by atoms with Crippen molar-refractivity contribution in [3.05, 3.63) is 57.8 Å². The van der Waals surface area contributed by atoms with E-state index in [2.05, 4.69) is 39.1 Å². The summed E-state index contributed by atoms with van der Waals surface area (Å²) in [5, 5.41) is 0.581. The summed E-state index contributed by atoms with van der Waals surface area (Å²) in [7, 11) is 0. The van der Waals surface area contributed by atoms with E-state index in [1.807, 2.05) is 24.0 Å². The highest BCUT2D eigenvalue weighted by atomic mass is 79.9. The van der Waals surface area contributed by atoms with Crippen LogP contribution >= 0.6 is 15.9 Å². The minimum absolute atomic E-state index is 0.146. The van der Waals surface area contributed by atoms with Gasteiger partial charge in [0.05, 0.1) is 10.9 Å². The van der Waals surface area contributed by atoms with Crippen LogP contribution in [0.5, 0.6) is 0 Å². The Morgan fingerprint density at radius 2 is 2.00 bits per heavy atom. The highest BCUT2D eigenvalue weighted by Crippen LogP contribution is 2.23. The fraction of sp³-hybridized carbons (Fsp3) is 0.200. The van der Waals surface area contributed by atoms with E-state index in [4.69, 9.17) is 0 Å². The second-order valence-electron chi connectivity index (χ2n) is 4.51. The molecule has 1 aromatic heterocycles. The molecule has 0 saturated heterocycles. The summed E-state index contributed by atoms with van der Waals surface area (Å²) < 4.78 is 0.817. The number of rotatable bonds is 5. The molecule has 2 rings (SSSR count). The summed E-state index contributed by atoms with van der Waals surface area (Å²) in [6.45, 7) is 10.6. The molecule has 0 amide bonds. The Kier molecular flexibility index (Phi) is 4.39. The molecule has 0 atom stereocenters. The largest absolute Gasteiger partial charge is 0.335 e. The highest BCUT2D eigenvalue weighted by molar-refractivity contribution is 9.10. The Labute approximate surface area is 126 Å². The predicted octanol–water partition coefficient (Wildman–Crippen LogP) is 3.17. The second kappa shape index (κ2) is 6.05. The van der Waals surface area contributed by atoms with E-state index in [1.54, 1.807) is 12.2 Å². The maximum absolute atomic E-state index is 12.2. The number of halogens is 1. The van der Waals surface area contributed by atoms with Crippen LogP contribution in [0.4, 0.5) is 5.95 Å². The van der Waals surface area contributed by atoms with E-state index >= 15 is 0 Å². The Morgan fingerprint density at radius 3 is 2.60 bits per heavy atom. The van der Waals surface area contributed by atoms with Crippen molar-refractivity contribution in [2.45, 2.75) is 6.92 Å². The molecule has 1 heterocycles. The SMILES string of the molecule is C=CCN(CC=C)c1nc2c(Br)cc(C)cc2c(=O)[nH]1. The molecule has 0 spiro atoms. The third-order valence-electron chi connectivity index (χ3n) is 2.89. The molecule has 0 aliphatic rings. The number of aromatic nitrogens is 2. The lowest BCUT2D eigenvalue weighted by Crippen LogP contribution is -2.27.